The number of nitrogens with zero attached hydrogens (tertiary/aromatic N) is 2. The van der Waals surface area contributed by atoms with Crippen molar-refractivity contribution in [3.05, 3.63) is 29.8 Å². The number of halogens is 1. The van der Waals surface area contributed by atoms with Crippen LogP contribution in [0.25, 0.3) is 0 Å². The predicted octanol–water partition coefficient (Wildman–Crippen LogP) is 1.85. The van der Waals surface area contributed by atoms with E-state index in [0.717, 1.165) is 25.5 Å². The van der Waals surface area contributed by atoms with Crippen molar-refractivity contribution in [2.75, 3.05) is 32.1 Å². The maximum atomic E-state index is 4.11. The van der Waals surface area contributed by atoms with Crippen LogP contribution in [0.4, 0.5) is 5.69 Å². The second-order valence-corrected chi connectivity index (χ2v) is 4.62. The summed E-state index contributed by atoms with van der Waals surface area (Å²) in [6, 6.07) is 9.26. The molecule has 0 bridgehead atoms. The molecule has 1 aromatic carbocycles. The van der Waals surface area contributed by atoms with Crippen LogP contribution in [0.3, 0.4) is 0 Å². The lowest BCUT2D eigenvalue weighted by molar-refractivity contribution is 0.658. The lowest BCUT2D eigenvalue weighted by atomic mass is 10.1. The highest BCUT2D eigenvalue weighted by Crippen LogP contribution is 2.30. The van der Waals surface area contributed by atoms with Gasteiger partial charge in [-0.25, -0.2) is 0 Å². The third kappa shape index (κ3) is 3.75. The highest BCUT2D eigenvalue weighted by atomic mass is 127. The molecule has 0 saturated heterocycles. The SMILES string of the molecule is CN=C(NC)NCCN1c2ccccc2CC1C.I. The Hall–Kier alpha value is -0.980. The number of fused-ring (bicyclic) bond motifs is 1. The monoisotopic (exact) mass is 374 g/mol. The lowest BCUT2D eigenvalue weighted by Gasteiger charge is -2.25. The van der Waals surface area contributed by atoms with Crippen LogP contribution in [-0.2, 0) is 6.42 Å². The maximum absolute atomic E-state index is 4.11. The number of hydrogen-bond acceptors (Lipinski definition) is 2. The Kier molecular flexibility index (Phi) is 6.41. The first-order valence-corrected chi connectivity index (χ1v) is 6.49. The summed E-state index contributed by atoms with van der Waals surface area (Å²) >= 11 is 0. The topological polar surface area (TPSA) is 39.7 Å². The molecular formula is C14H23IN4. The van der Waals surface area contributed by atoms with Crippen LogP contribution in [0.15, 0.2) is 29.3 Å². The van der Waals surface area contributed by atoms with E-state index in [1.165, 1.54) is 11.3 Å². The second-order valence-electron chi connectivity index (χ2n) is 4.62. The van der Waals surface area contributed by atoms with Gasteiger partial charge in [0.25, 0.3) is 0 Å². The molecule has 1 heterocycles. The fraction of sp³-hybridized carbons (Fsp3) is 0.500. The van der Waals surface area contributed by atoms with Gasteiger partial charge in [0.15, 0.2) is 5.96 Å². The predicted molar refractivity (Wildman–Crippen MR) is 92.8 cm³/mol. The summed E-state index contributed by atoms with van der Waals surface area (Å²) in [6.45, 7) is 4.18. The summed E-state index contributed by atoms with van der Waals surface area (Å²) in [4.78, 5) is 6.57. The zero-order chi connectivity index (χ0) is 13.0. The molecule has 1 aliphatic heterocycles. The Morgan fingerprint density at radius 1 is 1.42 bits per heavy atom. The molecule has 1 atom stereocenters. The minimum Gasteiger partial charge on any atom is -0.367 e. The Morgan fingerprint density at radius 2 is 2.16 bits per heavy atom. The lowest BCUT2D eigenvalue weighted by Crippen LogP contribution is -2.41. The number of rotatable bonds is 3. The Balaban J connectivity index is 0.00000180. The summed E-state index contributed by atoms with van der Waals surface area (Å²) in [7, 11) is 3.66. The molecule has 4 nitrogen and oxygen atoms in total. The van der Waals surface area contributed by atoms with Gasteiger partial charge in [0, 0.05) is 38.9 Å². The minimum absolute atomic E-state index is 0. The summed E-state index contributed by atoms with van der Waals surface area (Å²) < 4.78 is 0. The van der Waals surface area contributed by atoms with Crippen LogP contribution in [0.1, 0.15) is 12.5 Å². The van der Waals surface area contributed by atoms with Crippen LogP contribution in [0.5, 0.6) is 0 Å². The Labute approximate surface area is 132 Å². The molecule has 0 fully saturated rings. The molecule has 19 heavy (non-hydrogen) atoms. The second kappa shape index (κ2) is 7.57. The molecule has 0 aliphatic carbocycles. The third-order valence-corrected chi connectivity index (χ3v) is 3.45. The Bertz CT molecular complexity index is 433. The first kappa shape index (κ1) is 16.1. The molecule has 2 rings (SSSR count). The van der Waals surface area contributed by atoms with Crippen molar-refractivity contribution in [2.24, 2.45) is 4.99 Å². The van der Waals surface area contributed by atoms with Gasteiger partial charge in [-0.05, 0) is 25.0 Å². The molecule has 0 saturated carbocycles. The van der Waals surface area contributed by atoms with Gasteiger partial charge in [-0.15, -0.1) is 24.0 Å². The summed E-state index contributed by atoms with van der Waals surface area (Å²) in [5, 5.41) is 6.32. The molecule has 0 aromatic heterocycles. The first-order valence-electron chi connectivity index (χ1n) is 6.49. The van der Waals surface area contributed by atoms with Gasteiger partial charge in [0.1, 0.15) is 0 Å². The van der Waals surface area contributed by atoms with Crippen LogP contribution < -0.4 is 15.5 Å². The molecule has 0 amide bonds. The zero-order valence-electron chi connectivity index (χ0n) is 11.8. The van der Waals surface area contributed by atoms with E-state index >= 15 is 0 Å². The molecule has 0 spiro atoms. The smallest absolute Gasteiger partial charge is 0.190 e. The van der Waals surface area contributed by atoms with Gasteiger partial charge in [-0.3, -0.25) is 4.99 Å². The fourth-order valence-electron chi connectivity index (χ4n) is 2.54. The van der Waals surface area contributed by atoms with Gasteiger partial charge < -0.3 is 15.5 Å². The summed E-state index contributed by atoms with van der Waals surface area (Å²) in [5.41, 5.74) is 2.84. The molecule has 1 aliphatic rings. The highest BCUT2D eigenvalue weighted by molar-refractivity contribution is 14.0. The van der Waals surface area contributed by atoms with Crippen molar-refractivity contribution in [3.63, 3.8) is 0 Å². The zero-order valence-corrected chi connectivity index (χ0v) is 14.1. The number of benzene rings is 1. The van der Waals surface area contributed by atoms with Crippen molar-refractivity contribution in [1.82, 2.24) is 10.6 Å². The van der Waals surface area contributed by atoms with Crippen LogP contribution in [-0.4, -0.2) is 39.2 Å². The first-order chi connectivity index (χ1) is 8.76. The third-order valence-electron chi connectivity index (χ3n) is 3.45. The molecule has 5 heteroatoms. The summed E-state index contributed by atoms with van der Waals surface area (Å²) in [5.74, 6) is 0.843. The van der Waals surface area contributed by atoms with E-state index in [9.17, 15) is 0 Å². The average molecular weight is 374 g/mol. The standard InChI is InChI=1S/C14H22N4.HI/c1-11-10-12-6-4-5-7-13(12)18(11)9-8-17-14(15-2)16-3;/h4-7,11H,8-10H2,1-3H3,(H2,15,16,17);1H. The van der Waals surface area contributed by atoms with Gasteiger partial charge in [-0.1, -0.05) is 18.2 Å². The quantitative estimate of drug-likeness (QED) is 0.482. The van der Waals surface area contributed by atoms with Crippen molar-refractivity contribution in [1.29, 1.82) is 0 Å². The average Bonchev–Trinajstić information content (AvgIpc) is 2.71. The van der Waals surface area contributed by atoms with E-state index in [2.05, 4.69) is 51.7 Å². The normalized spacial score (nSPS) is 17.7. The van der Waals surface area contributed by atoms with E-state index in [4.69, 9.17) is 0 Å². The number of aliphatic imine (C=N–C) groups is 1. The van der Waals surface area contributed by atoms with Gasteiger partial charge >= 0.3 is 0 Å². The largest absolute Gasteiger partial charge is 0.367 e. The number of guanidine groups is 1. The van der Waals surface area contributed by atoms with Gasteiger partial charge in [0.05, 0.1) is 0 Å². The number of nitrogens with one attached hydrogen (secondary N) is 2. The number of hydrogen-bond donors (Lipinski definition) is 2. The molecule has 0 radical (unpaired) electrons. The van der Waals surface area contributed by atoms with Crippen LogP contribution >= 0.6 is 24.0 Å². The van der Waals surface area contributed by atoms with Crippen molar-refractivity contribution < 1.29 is 0 Å². The molecule has 1 unspecified atom stereocenters. The molecular weight excluding hydrogens is 351 g/mol. The van der Waals surface area contributed by atoms with E-state index in [-0.39, 0.29) is 24.0 Å². The van der Waals surface area contributed by atoms with E-state index in [1.807, 2.05) is 7.05 Å². The van der Waals surface area contributed by atoms with E-state index in [1.54, 1.807) is 7.05 Å². The van der Waals surface area contributed by atoms with Crippen LogP contribution in [0.2, 0.25) is 0 Å². The van der Waals surface area contributed by atoms with Gasteiger partial charge in [-0.2, -0.15) is 0 Å². The van der Waals surface area contributed by atoms with Gasteiger partial charge in [0.2, 0.25) is 0 Å². The van der Waals surface area contributed by atoms with Crippen molar-refractivity contribution in [2.45, 2.75) is 19.4 Å². The fourth-order valence-corrected chi connectivity index (χ4v) is 2.54. The van der Waals surface area contributed by atoms with E-state index < -0.39 is 0 Å². The highest BCUT2D eigenvalue weighted by Gasteiger charge is 2.24. The molecule has 2 N–H and O–H groups in total. The number of anilines is 1. The molecule has 1 aromatic rings. The maximum Gasteiger partial charge on any atom is 0.190 e. The number of para-hydroxylation sites is 1. The van der Waals surface area contributed by atoms with E-state index in [0.29, 0.717) is 6.04 Å². The van der Waals surface area contributed by atoms with Crippen molar-refractivity contribution in [3.8, 4) is 0 Å². The minimum atomic E-state index is 0. The summed E-state index contributed by atoms with van der Waals surface area (Å²) in [6.07, 6.45) is 1.15. The van der Waals surface area contributed by atoms with Crippen LogP contribution in [0, 0.1) is 0 Å². The molecule has 106 valence electrons. The Morgan fingerprint density at radius 3 is 2.84 bits per heavy atom. The van der Waals surface area contributed by atoms with Crippen molar-refractivity contribution >= 4 is 35.6 Å².